The molecule has 0 atom stereocenters. The standard InChI is InChI=1S/C21H21FN2O3S2/c1-15-20(23-21(27-15)16-4-6-17(22)7-5-16)14-28-18-8-10-19(11-9-18)29(25,26)24-12-2-3-13-24/h4-11H,2-3,12-14H2,1H3. The summed E-state index contributed by atoms with van der Waals surface area (Å²) in [5.41, 5.74) is 1.53. The molecule has 29 heavy (non-hydrogen) atoms. The van der Waals surface area contributed by atoms with Gasteiger partial charge in [-0.3, -0.25) is 0 Å². The van der Waals surface area contributed by atoms with E-state index in [4.69, 9.17) is 4.42 Å². The first-order chi connectivity index (χ1) is 13.9. The average molecular weight is 433 g/mol. The number of rotatable bonds is 6. The molecule has 8 heteroatoms. The number of thioether (sulfide) groups is 1. The minimum absolute atomic E-state index is 0.303. The molecular weight excluding hydrogens is 411 g/mol. The summed E-state index contributed by atoms with van der Waals surface area (Å²) in [6.45, 7) is 3.04. The zero-order valence-corrected chi connectivity index (χ0v) is 17.6. The third kappa shape index (κ3) is 4.39. The molecule has 0 N–H and O–H groups in total. The molecule has 1 fully saturated rings. The summed E-state index contributed by atoms with van der Waals surface area (Å²) < 4.78 is 45.6. The third-order valence-electron chi connectivity index (χ3n) is 4.89. The first kappa shape index (κ1) is 20.1. The molecule has 0 unspecified atom stereocenters. The summed E-state index contributed by atoms with van der Waals surface area (Å²) in [7, 11) is -3.39. The number of aryl methyl sites for hydroxylation is 1. The van der Waals surface area contributed by atoms with Gasteiger partial charge >= 0.3 is 0 Å². The van der Waals surface area contributed by atoms with Crippen molar-refractivity contribution in [3.8, 4) is 11.5 Å². The minimum Gasteiger partial charge on any atom is -0.441 e. The highest BCUT2D eigenvalue weighted by atomic mass is 32.2. The van der Waals surface area contributed by atoms with E-state index >= 15 is 0 Å². The van der Waals surface area contributed by atoms with E-state index in [0.29, 0.717) is 35.4 Å². The summed E-state index contributed by atoms with van der Waals surface area (Å²) in [4.78, 5) is 5.81. The number of sulfonamides is 1. The second-order valence-corrected chi connectivity index (χ2v) is 9.89. The van der Waals surface area contributed by atoms with Crippen LogP contribution in [-0.4, -0.2) is 30.8 Å². The van der Waals surface area contributed by atoms with E-state index in [2.05, 4.69) is 4.98 Å². The van der Waals surface area contributed by atoms with Gasteiger partial charge in [-0.2, -0.15) is 4.31 Å². The lowest BCUT2D eigenvalue weighted by Crippen LogP contribution is -2.27. The molecule has 1 aliphatic rings. The quantitative estimate of drug-likeness (QED) is 0.520. The number of benzene rings is 2. The second-order valence-electron chi connectivity index (χ2n) is 6.90. The van der Waals surface area contributed by atoms with Crippen molar-refractivity contribution >= 4 is 21.8 Å². The van der Waals surface area contributed by atoms with Crippen LogP contribution in [0.3, 0.4) is 0 Å². The molecule has 2 aromatic carbocycles. The molecule has 4 rings (SSSR count). The molecular formula is C21H21FN2O3S2. The van der Waals surface area contributed by atoms with Gasteiger partial charge in [0.2, 0.25) is 15.9 Å². The number of hydrogen-bond acceptors (Lipinski definition) is 5. The fourth-order valence-corrected chi connectivity index (χ4v) is 5.63. The minimum atomic E-state index is -3.39. The van der Waals surface area contributed by atoms with Crippen molar-refractivity contribution in [3.05, 3.63) is 65.8 Å². The van der Waals surface area contributed by atoms with Gasteiger partial charge in [-0.15, -0.1) is 11.8 Å². The Kier molecular flexibility index (Phi) is 5.76. The molecule has 1 saturated heterocycles. The zero-order chi connectivity index (χ0) is 20.4. The molecule has 0 spiro atoms. The Morgan fingerprint density at radius 3 is 2.38 bits per heavy atom. The van der Waals surface area contributed by atoms with Crippen LogP contribution in [0.15, 0.2) is 62.7 Å². The van der Waals surface area contributed by atoms with Crippen LogP contribution in [0, 0.1) is 12.7 Å². The maximum atomic E-state index is 13.1. The first-order valence-corrected chi connectivity index (χ1v) is 11.8. The number of hydrogen-bond donors (Lipinski definition) is 0. The predicted octanol–water partition coefficient (Wildman–Crippen LogP) is 4.87. The van der Waals surface area contributed by atoms with Gasteiger partial charge in [0.15, 0.2) is 0 Å². The van der Waals surface area contributed by atoms with E-state index in [1.807, 2.05) is 19.1 Å². The van der Waals surface area contributed by atoms with Crippen molar-refractivity contribution in [2.45, 2.75) is 35.3 Å². The molecule has 0 aliphatic carbocycles. The Labute approximate surface area is 174 Å². The van der Waals surface area contributed by atoms with Crippen LogP contribution in [0.1, 0.15) is 24.3 Å². The number of aromatic nitrogens is 1. The van der Waals surface area contributed by atoms with E-state index in [9.17, 15) is 12.8 Å². The van der Waals surface area contributed by atoms with Gasteiger partial charge in [0.25, 0.3) is 0 Å². The summed E-state index contributed by atoms with van der Waals surface area (Å²) >= 11 is 1.56. The maximum Gasteiger partial charge on any atom is 0.243 e. The van der Waals surface area contributed by atoms with Gasteiger partial charge in [0.1, 0.15) is 11.6 Å². The monoisotopic (exact) mass is 432 g/mol. The first-order valence-electron chi connectivity index (χ1n) is 9.39. The van der Waals surface area contributed by atoms with Crippen molar-refractivity contribution in [3.63, 3.8) is 0 Å². The van der Waals surface area contributed by atoms with E-state index in [0.717, 1.165) is 29.0 Å². The highest BCUT2D eigenvalue weighted by molar-refractivity contribution is 7.98. The highest BCUT2D eigenvalue weighted by Crippen LogP contribution is 2.29. The van der Waals surface area contributed by atoms with Gasteiger partial charge in [-0.1, -0.05) is 0 Å². The van der Waals surface area contributed by atoms with Gasteiger partial charge in [-0.25, -0.2) is 17.8 Å². The summed E-state index contributed by atoms with van der Waals surface area (Å²) in [6, 6.07) is 13.0. The Bertz CT molecular complexity index is 1090. The summed E-state index contributed by atoms with van der Waals surface area (Å²) in [5, 5.41) is 0. The Morgan fingerprint density at radius 2 is 1.72 bits per heavy atom. The summed E-state index contributed by atoms with van der Waals surface area (Å²) in [5.74, 6) is 1.47. The lowest BCUT2D eigenvalue weighted by Gasteiger charge is -2.15. The van der Waals surface area contributed by atoms with E-state index in [-0.39, 0.29) is 5.82 Å². The molecule has 5 nitrogen and oxygen atoms in total. The van der Waals surface area contributed by atoms with Crippen molar-refractivity contribution < 1.29 is 17.2 Å². The lowest BCUT2D eigenvalue weighted by atomic mass is 10.2. The normalized spacial score (nSPS) is 15.1. The molecule has 2 heterocycles. The van der Waals surface area contributed by atoms with Gasteiger partial charge in [0.05, 0.1) is 10.6 Å². The smallest absolute Gasteiger partial charge is 0.243 e. The van der Waals surface area contributed by atoms with Gasteiger partial charge < -0.3 is 4.42 Å². The topological polar surface area (TPSA) is 63.4 Å². The van der Waals surface area contributed by atoms with Gasteiger partial charge in [0, 0.05) is 29.3 Å². The fraction of sp³-hybridized carbons (Fsp3) is 0.286. The predicted molar refractivity (Wildman–Crippen MR) is 111 cm³/mol. The number of oxazole rings is 1. The summed E-state index contributed by atoms with van der Waals surface area (Å²) in [6.07, 6.45) is 1.84. The average Bonchev–Trinajstić information content (AvgIpc) is 3.38. The molecule has 1 aromatic heterocycles. The largest absolute Gasteiger partial charge is 0.441 e. The van der Waals surface area contributed by atoms with Crippen LogP contribution in [0.2, 0.25) is 0 Å². The Balaban J connectivity index is 1.43. The molecule has 0 amide bonds. The molecule has 3 aromatic rings. The van der Waals surface area contributed by atoms with Crippen molar-refractivity contribution in [1.82, 2.24) is 9.29 Å². The van der Waals surface area contributed by atoms with E-state index in [1.54, 1.807) is 40.3 Å². The Hall–Kier alpha value is -2.16. The van der Waals surface area contributed by atoms with Crippen LogP contribution in [0.25, 0.3) is 11.5 Å². The molecule has 152 valence electrons. The van der Waals surface area contributed by atoms with Crippen LogP contribution in [-0.2, 0) is 15.8 Å². The van der Waals surface area contributed by atoms with Crippen LogP contribution >= 0.6 is 11.8 Å². The molecule has 0 radical (unpaired) electrons. The van der Waals surface area contributed by atoms with Crippen LogP contribution in [0.4, 0.5) is 4.39 Å². The highest BCUT2D eigenvalue weighted by Gasteiger charge is 2.26. The lowest BCUT2D eigenvalue weighted by molar-refractivity contribution is 0.477. The SMILES string of the molecule is Cc1oc(-c2ccc(F)cc2)nc1CSc1ccc(S(=O)(=O)N2CCCC2)cc1. The van der Waals surface area contributed by atoms with Crippen molar-refractivity contribution in [1.29, 1.82) is 0 Å². The number of nitrogens with zero attached hydrogens (tertiary/aromatic N) is 2. The van der Waals surface area contributed by atoms with E-state index < -0.39 is 10.0 Å². The van der Waals surface area contributed by atoms with Gasteiger partial charge in [-0.05, 0) is 68.3 Å². The van der Waals surface area contributed by atoms with Crippen LogP contribution in [0.5, 0.6) is 0 Å². The van der Waals surface area contributed by atoms with Crippen LogP contribution < -0.4 is 0 Å². The molecule has 0 saturated carbocycles. The molecule has 1 aliphatic heterocycles. The second kappa shape index (κ2) is 8.30. The van der Waals surface area contributed by atoms with Crippen molar-refractivity contribution in [2.75, 3.05) is 13.1 Å². The Morgan fingerprint density at radius 1 is 1.07 bits per heavy atom. The van der Waals surface area contributed by atoms with Crippen molar-refractivity contribution in [2.24, 2.45) is 0 Å². The third-order valence-corrected chi connectivity index (χ3v) is 7.82. The van der Waals surface area contributed by atoms with E-state index in [1.165, 1.54) is 12.1 Å². The molecule has 0 bridgehead atoms. The fourth-order valence-electron chi connectivity index (χ4n) is 3.21. The maximum absolute atomic E-state index is 13.1. The zero-order valence-electron chi connectivity index (χ0n) is 16.0. The number of halogens is 1.